The van der Waals surface area contributed by atoms with E-state index in [4.69, 9.17) is 0 Å². The third kappa shape index (κ3) is 4.50. The number of urea groups is 1. The number of carbonyl (C=O) groups is 1. The van der Waals surface area contributed by atoms with E-state index in [0.29, 0.717) is 5.82 Å². The number of sulfonamides is 1. The molecule has 0 atom stereocenters. The normalized spacial score (nSPS) is 15.0. The van der Waals surface area contributed by atoms with Crippen LogP contribution in [0.1, 0.15) is 60.8 Å². The average Bonchev–Trinajstić information content (AvgIpc) is 3.32. The molecule has 151 valence electrons. The molecule has 0 unspecified atom stereocenters. The first-order valence-electron chi connectivity index (χ1n) is 9.82. The third-order valence-electron chi connectivity index (χ3n) is 5.67. The van der Waals surface area contributed by atoms with Gasteiger partial charge in [0.1, 0.15) is 5.82 Å². The smallest absolute Gasteiger partial charge is 0.331 e. The fraction of sp³-hybridized carbons (Fsp3) is 0.500. The molecule has 7 nitrogen and oxygen atoms in total. The Labute approximate surface area is 214 Å². The summed E-state index contributed by atoms with van der Waals surface area (Å²) in [5.41, 5.74) is 5.70. The van der Waals surface area contributed by atoms with Crippen molar-refractivity contribution in [3.8, 4) is 0 Å². The number of anilines is 1. The third-order valence-corrected chi connectivity index (χ3v) is 6.87. The van der Waals surface area contributed by atoms with Crippen molar-refractivity contribution < 1.29 is 13.2 Å². The Kier molecular flexibility index (Phi) is 6.97. The van der Waals surface area contributed by atoms with E-state index in [1.165, 1.54) is 17.3 Å². The molecule has 0 saturated carbocycles. The van der Waals surface area contributed by atoms with Gasteiger partial charge in [-0.15, -0.1) is 0 Å². The molecule has 1 aromatic carbocycles. The van der Waals surface area contributed by atoms with Crippen molar-refractivity contribution in [1.82, 2.24) is 14.3 Å². The van der Waals surface area contributed by atoms with Gasteiger partial charge in [-0.2, -0.15) is 8.42 Å². The van der Waals surface area contributed by atoms with Crippen LogP contribution in [0.5, 0.6) is 0 Å². The minimum absolute atomic E-state index is 0. The molecule has 2 aliphatic rings. The van der Waals surface area contributed by atoms with Crippen molar-refractivity contribution in [2.75, 3.05) is 5.32 Å². The van der Waals surface area contributed by atoms with Gasteiger partial charge in [0.25, 0.3) is 10.0 Å². The maximum atomic E-state index is 12.6. The van der Waals surface area contributed by atoms with Crippen LogP contribution in [0, 0.1) is 6.92 Å². The van der Waals surface area contributed by atoms with Crippen molar-refractivity contribution in [3.05, 3.63) is 40.3 Å². The maximum Gasteiger partial charge on any atom is 0.333 e. The number of fused-ring (bicyclic) bond motifs is 2. The van der Waals surface area contributed by atoms with E-state index in [9.17, 15) is 13.2 Å². The Hall–Kier alpha value is -0.714. The molecule has 9 heteroatoms. The number of nitrogens with zero attached hydrogens (tertiary/aromatic N) is 2. The van der Waals surface area contributed by atoms with Crippen LogP contribution in [0.15, 0.2) is 17.3 Å². The molecule has 1 heterocycles. The summed E-state index contributed by atoms with van der Waals surface area (Å²) in [6, 6.07) is 1.62. The Morgan fingerprint density at radius 2 is 1.69 bits per heavy atom. The largest absolute Gasteiger partial charge is 0.333 e. The SMILES string of the molecule is Cc1nc(S(=O)(=O)NC(=O)Nc2c3c(cc4c2CCC4)CCC3)cn1C(C)C.[K]. The Balaban J connectivity index is 0.00000240. The summed E-state index contributed by atoms with van der Waals surface area (Å²) in [6.07, 6.45) is 7.48. The van der Waals surface area contributed by atoms with Crippen molar-refractivity contribution in [1.29, 1.82) is 0 Å². The quantitative estimate of drug-likeness (QED) is 0.714. The maximum absolute atomic E-state index is 12.6. The van der Waals surface area contributed by atoms with Gasteiger partial charge in [0.2, 0.25) is 0 Å². The van der Waals surface area contributed by atoms with Gasteiger partial charge >= 0.3 is 6.03 Å². The Morgan fingerprint density at radius 1 is 1.10 bits per heavy atom. The number of hydrogen-bond donors (Lipinski definition) is 2. The predicted octanol–water partition coefficient (Wildman–Crippen LogP) is 2.88. The molecule has 2 N–H and O–H groups in total. The minimum atomic E-state index is -4.04. The number of amides is 2. The van der Waals surface area contributed by atoms with E-state index in [2.05, 4.69) is 21.1 Å². The second-order valence-corrected chi connectivity index (χ2v) is 9.55. The summed E-state index contributed by atoms with van der Waals surface area (Å²) >= 11 is 0. The molecule has 1 aromatic heterocycles. The fourth-order valence-corrected chi connectivity index (χ4v) is 5.30. The van der Waals surface area contributed by atoms with Crippen molar-refractivity contribution in [2.45, 2.75) is 70.4 Å². The molecule has 29 heavy (non-hydrogen) atoms. The van der Waals surface area contributed by atoms with E-state index >= 15 is 0 Å². The van der Waals surface area contributed by atoms with Crippen LogP contribution in [0.4, 0.5) is 10.5 Å². The first-order valence-corrected chi connectivity index (χ1v) is 11.3. The van der Waals surface area contributed by atoms with Crippen LogP contribution < -0.4 is 10.0 Å². The van der Waals surface area contributed by atoms with E-state index in [1.54, 1.807) is 11.5 Å². The molecule has 0 aliphatic heterocycles. The summed E-state index contributed by atoms with van der Waals surface area (Å²) in [6.45, 7) is 5.64. The number of nitrogens with one attached hydrogen (secondary N) is 2. The number of aryl methyl sites for hydroxylation is 3. The van der Waals surface area contributed by atoms with Gasteiger partial charge in [-0.3, -0.25) is 0 Å². The number of rotatable bonds is 4. The Bertz CT molecular complexity index is 1030. The summed E-state index contributed by atoms with van der Waals surface area (Å²) in [5, 5.41) is 2.71. The minimum Gasteiger partial charge on any atom is -0.331 e. The molecule has 0 bridgehead atoms. The molecule has 2 amide bonds. The molecule has 2 aliphatic carbocycles. The van der Waals surface area contributed by atoms with Crippen LogP contribution in [0.3, 0.4) is 0 Å². The number of aromatic nitrogens is 2. The van der Waals surface area contributed by atoms with E-state index < -0.39 is 16.1 Å². The van der Waals surface area contributed by atoms with Gasteiger partial charge in [-0.05, 0) is 81.5 Å². The van der Waals surface area contributed by atoms with Gasteiger partial charge in [0.05, 0.1) is 0 Å². The molecule has 0 saturated heterocycles. The van der Waals surface area contributed by atoms with Crippen LogP contribution in [0.2, 0.25) is 0 Å². The van der Waals surface area contributed by atoms with Crippen LogP contribution >= 0.6 is 0 Å². The molecular formula is C20H26KN4O3S. The molecule has 1 radical (unpaired) electrons. The standard InChI is InChI=1S/C20H26N4O3S.K/c1-12(2)24-11-18(21-13(24)3)28(26,27)23-20(25)22-19-16-8-4-6-14(16)10-15-7-5-9-17(15)19;/h10-12H,4-9H2,1-3H3,(H2,22,23,25);. The van der Waals surface area contributed by atoms with Crippen molar-refractivity contribution in [2.24, 2.45) is 0 Å². The molecule has 2 aromatic rings. The number of hydrogen-bond acceptors (Lipinski definition) is 4. The summed E-state index contributed by atoms with van der Waals surface area (Å²) in [7, 11) is -4.04. The van der Waals surface area contributed by atoms with E-state index in [0.717, 1.165) is 55.3 Å². The molecule has 0 fully saturated rings. The van der Waals surface area contributed by atoms with E-state index in [1.807, 2.05) is 13.8 Å². The second-order valence-electron chi connectivity index (χ2n) is 7.92. The number of benzene rings is 1. The summed E-state index contributed by atoms with van der Waals surface area (Å²) in [4.78, 5) is 16.7. The van der Waals surface area contributed by atoms with Gasteiger partial charge in [0.15, 0.2) is 5.03 Å². The first-order chi connectivity index (χ1) is 13.3. The summed E-state index contributed by atoms with van der Waals surface area (Å²) < 4.78 is 29.2. The van der Waals surface area contributed by atoms with Crippen LogP contribution in [0.25, 0.3) is 0 Å². The van der Waals surface area contributed by atoms with Gasteiger partial charge in [-0.25, -0.2) is 14.5 Å². The molecule has 0 spiro atoms. The van der Waals surface area contributed by atoms with E-state index in [-0.39, 0.29) is 62.5 Å². The average molecular weight is 442 g/mol. The zero-order valence-corrected chi connectivity index (χ0v) is 21.4. The zero-order valence-electron chi connectivity index (χ0n) is 17.5. The zero-order chi connectivity index (χ0) is 20.1. The van der Waals surface area contributed by atoms with Crippen LogP contribution in [-0.4, -0.2) is 75.4 Å². The first kappa shape index (κ1) is 23.0. The van der Waals surface area contributed by atoms with Gasteiger partial charge < -0.3 is 9.88 Å². The van der Waals surface area contributed by atoms with Crippen LogP contribution in [-0.2, 0) is 35.7 Å². The van der Waals surface area contributed by atoms with Crippen molar-refractivity contribution >= 4 is 73.1 Å². The number of imidazole rings is 1. The van der Waals surface area contributed by atoms with Gasteiger partial charge in [0, 0.05) is 69.3 Å². The summed E-state index contributed by atoms with van der Waals surface area (Å²) in [5.74, 6) is 0.592. The second kappa shape index (κ2) is 8.80. The number of carbonyl (C=O) groups excluding carboxylic acids is 1. The van der Waals surface area contributed by atoms with Crippen molar-refractivity contribution in [3.63, 3.8) is 0 Å². The monoisotopic (exact) mass is 441 g/mol. The Morgan fingerprint density at radius 3 is 2.21 bits per heavy atom. The van der Waals surface area contributed by atoms with Gasteiger partial charge in [-0.1, -0.05) is 6.07 Å². The topological polar surface area (TPSA) is 93.1 Å². The predicted molar refractivity (Wildman–Crippen MR) is 113 cm³/mol. The fourth-order valence-electron chi connectivity index (χ4n) is 4.39. The molecule has 4 rings (SSSR count). The molecular weight excluding hydrogens is 415 g/mol.